The SMILES string of the molecule is CC(c1ccc(Br)cc1)c1cc(-c2ccc(C3CNCCO3)nc2)nc2ncnc(N)c12. The van der Waals surface area contributed by atoms with E-state index < -0.39 is 0 Å². The van der Waals surface area contributed by atoms with Gasteiger partial charge >= 0.3 is 0 Å². The van der Waals surface area contributed by atoms with Gasteiger partial charge in [-0.25, -0.2) is 15.0 Å². The molecule has 0 bridgehead atoms. The number of hydrogen-bond donors (Lipinski definition) is 2. The van der Waals surface area contributed by atoms with E-state index in [9.17, 15) is 0 Å². The predicted octanol–water partition coefficient (Wildman–Crippen LogP) is 4.24. The normalized spacial score (nSPS) is 17.4. The lowest BCUT2D eigenvalue weighted by molar-refractivity contribution is 0.0250. The molecule has 5 rings (SSSR count). The summed E-state index contributed by atoms with van der Waals surface area (Å²) in [5.74, 6) is 0.512. The Morgan fingerprint density at radius 3 is 2.69 bits per heavy atom. The van der Waals surface area contributed by atoms with Crippen LogP contribution < -0.4 is 11.1 Å². The second-order valence-electron chi connectivity index (χ2n) is 7.86. The minimum absolute atomic E-state index is 0.0251. The van der Waals surface area contributed by atoms with Crippen molar-refractivity contribution >= 4 is 32.8 Å². The highest BCUT2D eigenvalue weighted by Gasteiger charge is 2.20. The van der Waals surface area contributed by atoms with Gasteiger partial charge in [0.2, 0.25) is 0 Å². The van der Waals surface area contributed by atoms with Crippen LogP contribution in [0.2, 0.25) is 0 Å². The summed E-state index contributed by atoms with van der Waals surface area (Å²) in [6, 6.07) is 14.4. The van der Waals surface area contributed by atoms with E-state index in [0.717, 1.165) is 45.5 Å². The molecule has 32 heavy (non-hydrogen) atoms. The van der Waals surface area contributed by atoms with E-state index in [4.69, 9.17) is 15.5 Å². The Hall–Kier alpha value is -2.94. The molecule has 0 saturated carbocycles. The first-order valence-corrected chi connectivity index (χ1v) is 11.3. The zero-order valence-corrected chi connectivity index (χ0v) is 19.2. The summed E-state index contributed by atoms with van der Waals surface area (Å²) in [4.78, 5) is 18.1. The quantitative estimate of drug-likeness (QED) is 0.441. The Balaban J connectivity index is 1.57. The van der Waals surface area contributed by atoms with Crippen LogP contribution >= 0.6 is 15.9 Å². The molecule has 4 heterocycles. The predicted molar refractivity (Wildman–Crippen MR) is 128 cm³/mol. The number of nitrogens with two attached hydrogens (primary N) is 1. The first-order chi connectivity index (χ1) is 15.6. The summed E-state index contributed by atoms with van der Waals surface area (Å²) in [7, 11) is 0. The largest absolute Gasteiger partial charge is 0.383 e. The molecule has 162 valence electrons. The molecular formula is C24H23BrN6O. The molecule has 1 fully saturated rings. The number of fused-ring (bicyclic) bond motifs is 1. The minimum atomic E-state index is -0.0251. The van der Waals surface area contributed by atoms with E-state index in [-0.39, 0.29) is 12.0 Å². The average Bonchev–Trinajstić information content (AvgIpc) is 2.84. The van der Waals surface area contributed by atoms with Gasteiger partial charge < -0.3 is 15.8 Å². The maximum Gasteiger partial charge on any atom is 0.165 e. The maximum absolute atomic E-state index is 6.26. The number of morpholine rings is 1. The smallest absolute Gasteiger partial charge is 0.165 e. The molecule has 4 aromatic rings. The van der Waals surface area contributed by atoms with Crippen LogP contribution in [-0.4, -0.2) is 39.6 Å². The lowest BCUT2D eigenvalue weighted by Crippen LogP contribution is -2.33. The van der Waals surface area contributed by atoms with Crippen molar-refractivity contribution in [3.63, 3.8) is 0 Å². The number of halogens is 1. The van der Waals surface area contributed by atoms with Crippen LogP contribution in [0.3, 0.4) is 0 Å². The van der Waals surface area contributed by atoms with Gasteiger partial charge in [-0.3, -0.25) is 4.98 Å². The van der Waals surface area contributed by atoms with Crippen molar-refractivity contribution in [2.24, 2.45) is 0 Å². The van der Waals surface area contributed by atoms with Gasteiger partial charge in [0.15, 0.2) is 5.65 Å². The Labute approximate surface area is 194 Å². The molecule has 3 aromatic heterocycles. The second kappa shape index (κ2) is 8.90. The Morgan fingerprint density at radius 2 is 1.97 bits per heavy atom. The number of rotatable bonds is 4. The number of benzene rings is 1. The molecule has 0 spiro atoms. The van der Waals surface area contributed by atoms with Crippen molar-refractivity contribution in [1.82, 2.24) is 25.3 Å². The van der Waals surface area contributed by atoms with Gasteiger partial charge in [0.25, 0.3) is 0 Å². The topological polar surface area (TPSA) is 98.8 Å². The van der Waals surface area contributed by atoms with Crippen molar-refractivity contribution in [2.75, 3.05) is 25.4 Å². The van der Waals surface area contributed by atoms with E-state index in [1.165, 1.54) is 11.9 Å². The molecule has 8 heteroatoms. The van der Waals surface area contributed by atoms with Gasteiger partial charge in [0.05, 0.1) is 23.4 Å². The van der Waals surface area contributed by atoms with Gasteiger partial charge in [-0.1, -0.05) is 35.0 Å². The van der Waals surface area contributed by atoms with E-state index in [2.05, 4.69) is 61.3 Å². The summed E-state index contributed by atoms with van der Waals surface area (Å²) in [6.07, 6.45) is 3.28. The molecule has 0 amide bonds. The Kier molecular flexibility index (Phi) is 5.82. The lowest BCUT2D eigenvalue weighted by atomic mass is 9.90. The molecule has 1 aromatic carbocycles. The monoisotopic (exact) mass is 490 g/mol. The number of nitrogens with one attached hydrogen (secondary N) is 1. The van der Waals surface area contributed by atoms with Crippen LogP contribution in [0.15, 0.2) is 59.5 Å². The third kappa shape index (κ3) is 4.09. The Morgan fingerprint density at radius 1 is 1.12 bits per heavy atom. The van der Waals surface area contributed by atoms with E-state index in [1.807, 2.05) is 30.5 Å². The van der Waals surface area contributed by atoms with Gasteiger partial charge in [-0.15, -0.1) is 0 Å². The third-order valence-corrected chi connectivity index (χ3v) is 6.37. The van der Waals surface area contributed by atoms with Gasteiger partial charge in [0.1, 0.15) is 18.2 Å². The summed E-state index contributed by atoms with van der Waals surface area (Å²) in [6.45, 7) is 4.49. The van der Waals surface area contributed by atoms with E-state index in [1.54, 1.807) is 0 Å². The molecule has 0 radical (unpaired) electrons. The highest BCUT2D eigenvalue weighted by Crippen LogP contribution is 2.35. The summed E-state index contributed by atoms with van der Waals surface area (Å²) >= 11 is 3.51. The van der Waals surface area contributed by atoms with Crippen molar-refractivity contribution in [3.05, 3.63) is 76.3 Å². The van der Waals surface area contributed by atoms with Crippen LogP contribution in [0.1, 0.15) is 35.8 Å². The van der Waals surface area contributed by atoms with Crippen LogP contribution in [0.5, 0.6) is 0 Å². The van der Waals surface area contributed by atoms with Gasteiger partial charge in [-0.05, 0) is 41.5 Å². The van der Waals surface area contributed by atoms with Crippen molar-refractivity contribution in [3.8, 4) is 11.3 Å². The fraction of sp³-hybridized carbons (Fsp3) is 0.250. The summed E-state index contributed by atoms with van der Waals surface area (Å²) in [5, 5.41) is 4.13. The van der Waals surface area contributed by atoms with E-state index >= 15 is 0 Å². The molecule has 0 aliphatic carbocycles. The second-order valence-corrected chi connectivity index (χ2v) is 8.78. The zero-order valence-electron chi connectivity index (χ0n) is 17.6. The van der Waals surface area contributed by atoms with E-state index in [0.29, 0.717) is 18.1 Å². The Bertz CT molecular complexity index is 1240. The first kappa shape index (κ1) is 20.9. The van der Waals surface area contributed by atoms with Crippen LogP contribution in [0.4, 0.5) is 5.82 Å². The van der Waals surface area contributed by atoms with Crippen molar-refractivity contribution in [1.29, 1.82) is 0 Å². The molecule has 2 unspecified atom stereocenters. The number of nitrogen functional groups attached to an aromatic ring is 1. The lowest BCUT2D eigenvalue weighted by Gasteiger charge is -2.23. The molecule has 2 atom stereocenters. The highest BCUT2D eigenvalue weighted by molar-refractivity contribution is 9.10. The fourth-order valence-corrected chi connectivity index (χ4v) is 4.30. The number of nitrogens with zero attached hydrogens (tertiary/aromatic N) is 4. The van der Waals surface area contributed by atoms with Crippen molar-refractivity contribution < 1.29 is 4.74 Å². The standard InChI is InChI=1S/C24H23BrN6O/c1-14(15-2-5-17(25)6-3-15)18-10-20(31-24-22(18)23(26)29-13-30-24)16-4-7-19(28-11-16)21-12-27-8-9-32-21/h2-7,10-11,13-14,21,27H,8-9,12H2,1H3,(H2,26,29,30,31). The highest BCUT2D eigenvalue weighted by atomic mass is 79.9. The molecule has 7 nitrogen and oxygen atoms in total. The first-order valence-electron chi connectivity index (χ1n) is 10.6. The third-order valence-electron chi connectivity index (χ3n) is 5.84. The van der Waals surface area contributed by atoms with Crippen LogP contribution in [0, 0.1) is 0 Å². The number of anilines is 1. The van der Waals surface area contributed by atoms with Crippen LogP contribution in [0.25, 0.3) is 22.3 Å². The molecule has 1 aliphatic heterocycles. The number of hydrogen-bond acceptors (Lipinski definition) is 7. The number of ether oxygens (including phenoxy) is 1. The molecule has 3 N–H and O–H groups in total. The minimum Gasteiger partial charge on any atom is -0.383 e. The molecular weight excluding hydrogens is 468 g/mol. The van der Waals surface area contributed by atoms with Crippen molar-refractivity contribution in [2.45, 2.75) is 18.9 Å². The average molecular weight is 491 g/mol. The maximum atomic E-state index is 6.26. The van der Waals surface area contributed by atoms with Gasteiger partial charge in [-0.2, -0.15) is 0 Å². The zero-order chi connectivity index (χ0) is 22.1. The fourth-order valence-electron chi connectivity index (χ4n) is 4.04. The van der Waals surface area contributed by atoms with Crippen LogP contribution in [-0.2, 0) is 4.74 Å². The summed E-state index contributed by atoms with van der Waals surface area (Å²) in [5.41, 5.74) is 11.7. The van der Waals surface area contributed by atoms with Gasteiger partial charge in [0, 0.05) is 35.2 Å². The number of aromatic nitrogens is 4. The summed E-state index contributed by atoms with van der Waals surface area (Å²) < 4.78 is 6.86. The number of pyridine rings is 2. The molecule has 1 saturated heterocycles. The molecule has 1 aliphatic rings.